The van der Waals surface area contributed by atoms with E-state index in [1.807, 2.05) is 32.9 Å². The number of rotatable bonds is 5. The van der Waals surface area contributed by atoms with Gasteiger partial charge in [-0.15, -0.1) is 12.4 Å². The molecule has 0 aliphatic heterocycles. The number of nitrogens with two attached hydrogens (primary N) is 1. The molecule has 21 heavy (non-hydrogen) atoms. The summed E-state index contributed by atoms with van der Waals surface area (Å²) < 4.78 is 0. The van der Waals surface area contributed by atoms with E-state index in [0.29, 0.717) is 30.8 Å². The van der Waals surface area contributed by atoms with E-state index in [2.05, 4.69) is 10.6 Å². The summed E-state index contributed by atoms with van der Waals surface area (Å²) in [4.78, 5) is 23.3. The summed E-state index contributed by atoms with van der Waals surface area (Å²) >= 11 is 0. The van der Waals surface area contributed by atoms with Crippen LogP contribution in [-0.2, 0) is 9.59 Å². The Morgan fingerprint density at radius 2 is 1.81 bits per heavy atom. The Bertz CT molecular complexity index is 484. The normalized spacial score (nSPS) is 10.4. The predicted octanol–water partition coefficient (Wildman–Crippen LogP) is 2.57. The number of hydrogen-bond donors (Lipinski definition) is 3. The van der Waals surface area contributed by atoms with Crippen LogP contribution in [0.2, 0.25) is 0 Å². The van der Waals surface area contributed by atoms with Crippen LogP contribution in [0.1, 0.15) is 33.6 Å². The zero-order valence-corrected chi connectivity index (χ0v) is 13.5. The standard InChI is InChI=1S/C15H23N3O2.ClH/c1-15(2,3)14(20)17-10-6-9-13(19)18-12-8-5-4-7-11(12)16;/h4-5,7-8H,6,9-10,16H2,1-3H3,(H,17,20)(H,18,19);1H. The second-order valence-electron chi connectivity index (χ2n) is 5.74. The Labute approximate surface area is 132 Å². The lowest BCUT2D eigenvalue weighted by atomic mass is 9.96. The van der Waals surface area contributed by atoms with E-state index < -0.39 is 5.41 Å². The topological polar surface area (TPSA) is 84.2 Å². The Hall–Kier alpha value is -1.75. The minimum Gasteiger partial charge on any atom is -0.397 e. The molecule has 0 heterocycles. The van der Waals surface area contributed by atoms with Crippen molar-refractivity contribution < 1.29 is 9.59 Å². The molecule has 0 saturated heterocycles. The summed E-state index contributed by atoms with van der Waals surface area (Å²) in [5, 5.41) is 5.56. The fourth-order valence-corrected chi connectivity index (χ4v) is 1.54. The highest BCUT2D eigenvalue weighted by molar-refractivity contribution is 5.93. The Kier molecular flexibility index (Phi) is 7.81. The van der Waals surface area contributed by atoms with E-state index >= 15 is 0 Å². The monoisotopic (exact) mass is 313 g/mol. The largest absolute Gasteiger partial charge is 0.397 e. The molecular formula is C15H24ClN3O2. The molecule has 5 nitrogen and oxygen atoms in total. The first-order valence-corrected chi connectivity index (χ1v) is 6.73. The lowest BCUT2D eigenvalue weighted by Gasteiger charge is -2.17. The number of halogens is 1. The van der Waals surface area contributed by atoms with Crippen molar-refractivity contribution in [3.8, 4) is 0 Å². The van der Waals surface area contributed by atoms with Crippen molar-refractivity contribution in [3.63, 3.8) is 0 Å². The van der Waals surface area contributed by atoms with E-state index in [4.69, 9.17) is 5.73 Å². The molecule has 0 unspecified atom stereocenters. The molecule has 0 spiro atoms. The van der Waals surface area contributed by atoms with Gasteiger partial charge in [-0.1, -0.05) is 32.9 Å². The Balaban J connectivity index is 0.00000400. The van der Waals surface area contributed by atoms with E-state index in [9.17, 15) is 9.59 Å². The van der Waals surface area contributed by atoms with Crippen molar-refractivity contribution in [2.24, 2.45) is 5.41 Å². The summed E-state index contributed by atoms with van der Waals surface area (Å²) in [5.41, 5.74) is 6.50. The van der Waals surface area contributed by atoms with Gasteiger partial charge in [-0.25, -0.2) is 0 Å². The van der Waals surface area contributed by atoms with Crippen LogP contribution in [0.4, 0.5) is 11.4 Å². The van der Waals surface area contributed by atoms with Crippen LogP contribution in [-0.4, -0.2) is 18.4 Å². The molecular weight excluding hydrogens is 290 g/mol. The predicted molar refractivity (Wildman–Crippen MR) is 88.4 cm³/mol. The third kappa shape index (κ3) is 6.99. The molecule has 0 radical (unpaired) electrons. The molecule has 2 amide bonds. The highest BCUT2D eigenvalue weighted by Gasteiger charge is 2.20. The van der Waals surface area contributed by atoms with Gasteiger partial charge in [0.05, 0.1) is 11.4 Å². The van der Waals surface area contributed by atoms with Gasteiger partial charge in [-0.2, -0.15) is 0 Å². The average molecular weight is 314 g/mol. The number of amides is 2. The molecule has 0 saturated carbocycles. The van der Waals surface area contributed by atoms with E-state index in [1.54, 1.807) is 12.1 Å². The molecule has 0 aromatic heterocycles. The third-order valence-electron chi connectivity index (χ3n) is 2.78. The van der Waals surface area contributed by atoms with Crippen LogP contribution in [0, 0.1) is 5.41 Å². The molecule has 0 aliphatic carbocycles. The van der Waals surface area contributed by atoms with Crippen molar-refractivity contribution in [1.82, 2.24) is 5.32 Å². The molecule has 1 aromatic rings. The number of carbonyl (C=O) groups is 2. The Morgan fingerprint density at radius 3 is 2.38 bits per heavy atom. The minimum atomic E-state index is -0.402. The SMILES string of the molecule is CC(C)(C)C(=O)NCCCC(=O)Nc1ccccc1N.Cl. The average Bonchev–Trinajstić information content (AvgIpc) is 2.36. The van der Waals surface area contributed by atoms with Gasteiger partial charge < -0.3 is 16.4 Å². The molecule has 4 N–H and O–H groups in total. The van der Waals surface area contributed by atoms with Gasteiger partial charge in [0.1, 0.15) is 0 Å². The van der Waals surface area contributed by atoms with E-state index in [1.165, 1.54) is 0 Å². The van der Waals surface area contributed by atoms with Crippen molar-refractivity contribution in [3.05, 3.63) is 24.3 Å². The van der Waals surface area contributed by atoms with Gasteiger partial charge in [-0.05, 0) is 18.6 Å². The van der Waals surface area contributed by atoms with Gasteiger partial charge in [0, 0.05) is 18.4 Å². The first-order valence-electron chi connectivity index (χ1n) is 6.73. The van der Waals surface area contributed by atoms with E-state index in [0.717, 1.165) is 0 Å². The maximum absolute atomic E-state index is 11.7. The molecule has 0 fully saturated rings. The van der Waals surface area contributed by atoms with Crippen molar-refractivity contribution in [2.75, 3.05) is 17.6 Å². The quantitative estimate of drug-likeness (QED) is 0.577. The lowest BCUT2D eigenvalue weighted by molar-refractivity contribution is -0.128. The molecule has 1 rings (SSSR count). The number of carbonyl (C=O) groups excluding carboxylic acids is 2. The van der Waals surface area contributed by atoms with Gasteiger partial charge in [0.15, 0.2) is 0 Å². The van der Waals surface area contributed by atoms with Crippen LogP contribution in [0.5, 0.6) is 0 Å². The first kappa shape index (κ1) is 19.2. The number of para-hydroxylation sites is 2. The molecule has 6 heteroatoms. The smallest absolute Gasteiger partial charge is 0.225 e. The summed E-state index contributed by atoms with van der Waals surface area (Å²) in [6.07, 6.45) is 0.944. The first-order chi connectivity index (χ1) is 9.30. The maximum Gasteiger partial charge on any atom is 0.225 e. The van der Waals surface area contributed by atoms with Gasteiger partial charge in [0.25, 0.3) is 0 Å². The summed E-state index contributed by atoms with van der Waals surface area (Å²) in [6, 6.07) is 7.12. The molecule has 1 aromatic carbocycles. The number of hydrogen-bond acceptors (Lipinski definition) is 3. The minimum absolute atomic E-state index is 0. The third-order valence-corrected chi connectivity index (χ3v) is 2.78. The fraction of sp³-hybridized carbons (Fsp3) is 0.467. The van der Waals surface area contributed by atoms with Crippen LogP contribution in [0.3, 0.4) is 0 Å². The van der Waals surface area contributed by atoms with Crippen molar-refractivity contribution >= 4 is 35.6 Å². The highest BCUT2D eigenvalue weighted by atomic mass is 35.5. The summed E-state index contributed by atoms with van der Waals surface area (Å²) in [5.74, 6) is -0.113. The molecule has 0 atom stereocenters. The van der Waals surface area contributed by atoms with Crippen LogP contribution in [0.15, 0.2) is 24.3 Å². The van der Waals surface area contributed by atoms with Crippen LogP contribution < -0.4 is 16.4 Å². The number of anilines is 2. The van der Waals surface area contributed by atoms with Crippen molar-refractivity contribution in [1.29, 1.82) is 0 Å². The zero-order valence-electron chi connectivity index (χ0n) is 12.7. The second kappa shape index (κ2) is 8.52. The Morgan fingerprint density at radius 1 is 1.19 bits per heavy atom. The van der Waals surface area contributed by atoms with E-state index in [-0.39, 0.29) is 24.2 Å². The summed E-state index contributed by atoms with van der Waals surface area (Å²) in [7, 11) is 0. The fourth-order valence-electron chi connectivity index (χ4n) is 1.54. The number of benzene rings is 1. The van der Waals surface area contributed by atoms with Gasteiger partial charge in [0.2, 0.25) is 11.8 Å². The molecule has 0 aliphatic rings. The van der Waals surface area contributed by atoms with Crippen LogP contribution in [0.25, 0.3) is 0 Å². The second-order valence-corrected chi connectivity index (χ2v) is 5.74. The zero-order chi connectivity index (χ0) is 15.2. The molecule has 0 bridgehead atoms. The summed E-state index contributed by atoms with van der Waals surface area (Å²) in [6.45, 7) is 6.06. The van der Waals surface area contributed by atoms with Gasteiger partial charge in [-0.3, -0.25) is 9.59 Å². The lowest BCUT2D eigenvalue weighted by Crippen LogP contribution is -2.35. The highest BCUT2D eigenvalue weighted by Crippen LogP contribution is 2.17. The van der Waals surface area contributed by atoms with Crippen molar-refractivity contribution in [2.45, 2.75) is 33.6 Å². The van der Waals surface area contributed by atoms with Crippen LogP contribution >= 0.6 is 12.4 Å². The van der Waals surface area contributed by atoms with Gasteiger partial charge >= 0.3 is 0 Å². The maximum atomic E-state index is 11.7. The molecule has 118 valence electrons. The number of nitrogen functional groups attached to an aromatic ring is 1. The number of nitrogens with one attached hydrogen (secondary N) is 2.